The number of halogens is 4. The van der Waals surface area contributed by atoms with E-state index < -0.39 is 52.8 Å². The van der Waals surface area contributed by atoms with Gasteiger partial charge in [0.1, 0.15) is 4.90 Å². The summed E-state index contributed by atoms with van der Waals surface area (Å²) in [5.41, 5.74) is -0.987. The zero-order chi connectivity index (χ0) is 48.0. The molecule has 67 heavy (non-hydrogen) atoms. The van der Waals surface area contributed by atoms with Gasteiger partial charge in [-0.15, -0.1) is 11.8 Å². The summed E-state index contributed by atoms with van der Waals surface area (Å²) >= 11 is 7.68. The van der Waals surface area contributed by atoms with Crippen molar-refractivity contribution >= 4 is 66.1 Å². The Kier molecular flexibility index (Phi) is 16.4. The number of amides is 1. The van der Waals surface area contributed by atoms with Crippen molar-refractivity contribution in [3.8, 4) is 0 Å². The van der Waals surface area contributed by atoms with Gasteiger partial charge in [0.15, 0.2) is 0 Å². The number of allylic oxidation sites excluding steroid dienone is 1. The number of alkyl halides is 3. The highest BCUT2D eigenvalue weighted by Gasteiger charge is 2.48. The van der Waals surface area contributed by atoms with E-state index >= 15 is 0 Å². The molecule has 0 aromatic heterocycles. The van der Waals surface area contributed by atoms with Crippen molar-refractivity contribution in [2.24, 2.45) is 11.3 Å². The number of hydrogen-bond acceptors (Lipinski definition) is 11. The molecule has 3 aliphatic rings. The second-order valence-electron chi connectivity index (χ2n) is 18.1. The normalized spacial score (nSPS) is 19.7. The molecule has 2 heterocycles. The summed E-state index contributed by atoms with van der Waals surface area (Å²) in [5, 5.41) is 3.71. The van der Waals surface area contributed by atoms with Gasteiger partial charge in [0, 0.05) is 85.3 Å². The number of nitrogens with one attached hydrogen (secondary N) is 2. The predicted octanol–water partition coefficient (Wildman–Crippen LogP) is 9.47. The van der Waals surface area contributed by atoms with Crippen LogP contribution in [0.3, 0.4) is 0 Å². The lowest BCUT2D eigenvalue weighted by Crippen LogP contribution is -2.47. The Hall–Kier alpha value is -4.10. The highest BCUT2D eigenvalue weighted by molar-refractivity contribution is 7.99. The van der Waals surface area contributed by atoms with E-state index in [2.05, 4.69) is 52.9 Å². The Balaban J connectivity index is 1.02. The molecule has 362 valence electrons. The van der Waals surface area contributed by atoms with Gasteiger partial charge >= 0.3 is 5.51 Å². The van der Waals surface area contributed by atoms with Crippen molar-refractivity contribution in [3.63, 3.8) is 0 Å². The Morgan fingerprint density at radius 1 is 0.866 bits per heavy atom. The smallest absolute Gasteiger partial charge is 0.380 e. The number of rotatable bonds is 17. The molecule has 1 amide bonds. The number of nitrogens with zero attached hydrogens (tertiary/aromatic N) is 3. The van der Waals surface area contributed by atoms with Crippen LogP contribution < -0.4 is 14.9 Å². The minimum atomic E-state index is -6.06. The topological polar surface area (TPSA) is 128 Å². The molecule has 0 spiro atoms. The van der Waals surface area contributed by atoms with E-state index in [0.717, 1.165) is 74.7 Å². The molecule has 0 radical (unpaired) electrons. The number of hydrogen-bond donors (Lipinski definition) is 2. The molecule has 2 aliphatic heterocycles. The van der Waals surface area contributed by atoms with Crippen molar-refractivity contribution < 1.29 is 39.5 Å². The first kappa shape index (κ1) is 50.8. The van der Waals surface area contributed by atoms with E-state index in [1.54, 1.807) is 12.1 Å². The largest absolute Gasteiger partial charge is 0.501 e. The summed E-state index contributed by atoms with van der Waals surface area (Å²) in [6, 6.07) is 25.9. The highest BCUT2D eigenvalue weighted by Crippen LogP contribution is 2.47. The lowest BCUT2D eigenvalue weighted by Gasteiger charge is -2.42. The summed E-state index contributed by atoms with van der Waals surface area (Å²) in [6.45, 7) is 14.0. The minimum Gasteiger partial charge on any atom is -0.380 e. The van der Waals surface area contributed by atoms with Crippen LogP contribution >= 0.6 is 23.4 Å². The number of sulfonamides is 1. The molecule has 11 nitrogen and oxygen atoms in total. The number of piperazine rings is 1. The molecule has 1 unspecified atom stereocenters. The van der Waals surface area contributed by atoms with Crippen LogP contribution in [0.25, 0.3) is 5.57 Å². The molecule has 0 bridgehead atoms. The second kappa shape index (κ2) is 21.7. The van der Waals surface area contributed by atoms with E-state index in [-0.39, 0.29) is 11.0 Å². The van der Waals surface area contributed by atoms with E-state index in [0.29, 0.717) is 62.0 Å². The maximum Gasteiger partial charge on any atom is 0.501 e. The Morgan fingerprint density at radius 2 is 1.54 bits per heavy atom. The Bertz CT molecular complexity index is 2590. The summed E-state index contributed by atoms with van der Waals surface area (Å²) in [6.07, 6.45) is 3.62. The molecule has 2 saturated heterocycles. The number of carbonyl (C=O) groups excluding carboxylic acids is 1. The van der Waals surface area contributed by atoms with Gasteiger partial charge in [-0.3, -0.25) is 14.6 Å². The second-order valence-corrected chi connectivity index (χ2v) is 23.3. The van der Waals surface area contributed by atoms with Crippen LogP contribution in [0.1, 0.15) is 62.4 Å². The van der Waals surface area contributed by atoms with Gasteiger partial charge in [-0.1, -0.05) is 68.3 Å². The van der Waals surface area contributed by atoms with Crippen LogP contribution in [0.4, 0.5) is 24.5 Å². The van der Waals surface area contributed by atoms with Gasteiger partial charge in [0.25, 0.3) is 25.8 Å². The van der Waals surface area contributed by atoms with E-state index in [1.807, 2.05) is 47.2 Å². The predicted molar refractivity (Wildman–Crippen MR) is 261 cm³/mol. The fourth-order valence-electron chi connectivity index (χ4n) is 8.84. The third kappa shape index (κ3) is 12.8. The summed E-state index contributed by atoms with van der Waals surface area (Å²) in [7, 11) is -10.9. The minimum absolute atomic E-state index is 0.00132. The van der Waals surface area contributed by atoms with Gasteiger partial charge in [-0.05, 0) is 115 Å². The highest BCUT2D eigenvalue weighted by atomic mass is 35.5. The summed E-state index contributed by atoms with van der Waals surface area (Å²) < 4.78 is 103. The maximum atomic E-state index is 14.2. The summed E-state index contributed by atoms with van der Waals surface area (Å²) in [5.74, 6) is -0.107. The van der Waals surface area contributed by atoms with Gasteiger partial charge < -0.3 is 15.0 Å². The average molecular weight is 1000 g/mol. The number of carbonyl (C=O) groups is 1. The lowest BCUT2D eigenvalue weighted by atomic mass is 9.66. The standard InChI is InChI=1S/C49H59ClF3N5O6S3/c1-35(2)48(3)21-19-44(36-9-13-39(50)14-10-36)38(32-48)33-57-23-25-58(26-24-57)41-15-11-37(12-16-41)47(59)55-67(62,63)43-17-18-45(46(31-43)66(60,61)49(51,52)53)54-40(20-22-56-27-29-64-30-28-56)34-65-42-7-5-4-6-8-42/h4-18,31,35,40,54H,19-30,32-34H2,1-3H3,(H,55,59)/t40-,48?/m1/s1. The molecule has 2 atom stereocenters. The molecule has 2 fully saturated rings. The third-order valence-corrected chi connectivity index (χ3v) is 17.7. The number of anilines is 2. The zero-order valence-corrected chi connectivity index (χ0v) is 41.2. The summed E-state index contributed by atoms with van der Waals surface area (Å²) in [4.78, 5) is 19.1. The number of benzene rings is 4. The fraction of sp³-hybridized carbons (Fsp3) is 0.449. The van der Waals surface area contributed by atoms with E-state index in [4.69, 9.17) is 16.3 Å². The first-order valence-corrected chi connectivity index (χ1v) is 27.0. The number of morpholine rings is 1. The van der Waals surface area contributed by atoms with Gasteiger partial charge in [-0.25, -0.2) is 21.6 Å². The number of thioether (sulfide) groups is 1. The molecular weight excluding hydrogens is 943 g/mol. The molecule has 2 N–H and O–H groups in total. The maximum absolute atomic E-state index is 14.2. The molecule has 0 saturated carbocycles. The molecule has 18 heteroatoms. The van der Waals surface area contributed by atoms with E-state index in [1.165, 1.54) is 40.6 Å². The van der Waals surface area contributed by atoms with E-state index in [9.17, 15) is 34.8 Å². The molecule has 4 aromatic rings. The van der Waals surface area contributed by atoms with Crippen LogP contribution in [0.5, 0.6) is 0 Å². The van der Waals surface area contributed by atoms with Crippen molar-refractivity contribution in [3.05, 3.63) is 119 Å². The van der Waals surface area contributed by atoms with Crippen LogP contribution in [-0.2, 0) is 24.6 Å². The van der Waals surface area contributed by atoms with Crippen molar-refractivity contribution in [2.75, 3.05) is 81.5 Å². The van der Waals surface area contributed by atoms with Crippen molar-refractivity contribution in [1.82, 2.24) is 14.5 Å². The first-order chi connectivity index (χ1) is 31.8. The Labute approximate surface area is 402 Å². The van der Waals surface area contributed by atoms with Crippen molar-refractivity contribution in [1.29, 1.82) is 0 Å². The number of sulfone groups is 1. The van der Waals surface area contributed by atoms with Gasteiger partial charge in [-0.2, -0.15) is 13.2 Å². The quantitative estimate of drug-likeness (QED) is 0.0983. The zero-order valence-electron chi connectivity index (χ0n) is 38.0. The van der Waals surface area contributed by atoms with Crippen molar-refractivity contribution in [2.45, 2.75) is 72.7 Å². The lowest BCUT2D eigenvalue weighted by molar-refractivity contribution is -0.0435. The third-order valence-electron chi connectivity index (χ3n) is 13.4. The van der Waals surface area contributed by atoms with Crippen LogP contribution in [0.15, 0.2) is 117 Å². The molecule has 4 aromatic carbocycles. The van der Waals surface area contributed by atoms with Gasteiger partial charge in [0.05, 0.1) is 23.8 Å². The van der Waals surface area contributed by atoms with Crippen LogP contribution in [0, 0.1) is 11.3 Å². The monoisotopic (exact) mass is 1000 g/mol. The molecule has 7 rings (SSSR count). The SMILES string of the molecule is CC(C)C1(C)CCC(c2ccc(Cl)cc2)=C(CN2CCN(c3ccc(C(=O)NS(=O)(=O)c4ccc(N[C@H](CCN5CCOCC5)CSc5ccccc5)c(S(=O)(=O)C(F)(F)F)c4)cc3)CC2)C1. The molecule has 1 aliphatic carbocycles. The molecular formula is C49H59ClF3N5O6S3. The van der Waals surface area contributed by atoms with Crippen LogP contribution in [0.2, 0.25) is 5.02 Å². The fourth-order valence-corrected chi connectivity index (χ4v) is 12.0. The van der Waals surface area contributed by atoms with Crippen LogP contribution in [-0.4, -0.2) is 115 Å². The number of ether oxygens (including phenoxy) is 1. The average Bonchev–Trinajstić information content (AvgIpc) is 3.31. The first-order valence-electron chi connectivity index (χ1n) is 22.6. The van der Waals surface area contributed by atoms with Gasteiger partial charge in [0.2, 0.25) is 0 Å². The Morgan fingerprint density at radius 3 is 2.18 bits per heavy atom.